The number of rotatable bonds is 6. The molecule has 7 heteroatoms. The van der Waals surface area contributed by atoms with Crippen LogP contribution in [0.25, 0.3) is 11.1 Å². The number of nitrogens with zero attached hydrogens (tertiary/aromatic N) is 3. The fraction of sp³-hybridized carbons (Fsp3) is 0.0417. The summed E-state index contributed by atoms with van der Waals surface area (Å²) < 4.78 is 1.96. The lowest BCUT2D eigenvalue weighted by Gasteiger charge is -2.12. The summed E-state index contributed by atoms with van der Waals surface area (Å²) >= 11 is 11.3. The Morgan fingerprint density at radius 2 is 1.65 bits per heavy atom. The summed E-state index contributed by atoms with van der Waals surface area (Å²) in [6.07, 6.45) is 5.41. The van der Waals surface area contributed by atoms with E-state index in [2.05, 4.69) is 57.2 Å². The van der Waals surface area contributed by atoms with Gasteiger partial charge in [0.05, 0.1) is 18.6 Å². The summed E-state index contributed by atoms with van der Waals surface area (Å²) in [6, 6.07) is 25.9. The molecular formula is C24H20ClN5S. The third kappa shape index (κ3) is 5.78. The molecule has 0 spiro atoms. The smallest absolute Gasteiger partial charge is 0.191 e. The van der Waals surface area contributed by atoms with Gasteiger partial charge in [0.1, 0.15) is 0 Å². The van der Waals surface area contributed by atoms with Crippen LogP contribution in [0.4, 0.5) is 5.69 Å². The van der Waals surface area contributed by atoms with Crippen LogP contribution in [0.15, 0.2) is 103 Å². The van der Waals surface area contributed by atoms with Crippen molar-refractivity contribution in [2.24, 2.45) is 5.10 Å². The summed E-state index contributed by atoms with van der Waals surface area (Å²) in [4.78, 5) is 4.12. The first-order valence-corrected chi connectivity index (χ1v) is 10.5. The van der Waals surface area contributed by atoms with Crippen molar-refractivity contribution in [3.63, 3.8) is 0 Å². The molecule has 4 aromatic rings. The summed E-state index contributed by atoms with van der Waals surface area (Å²) in [6.45, 7) is 0.557. The molecule has 0 atom stereocenters. The van der Waals surface area contributed by atoms with Gasteiger partial charge in [0, 0.05) is 23.1 Å². The molecule has 5 nitrogen and oxygen atoms in total. The predicted octanol–water partition coefficient (Wildman–Crippen LogP) is 5.59. The summed E-state index contributed by atoms with van der Waals surface area (Å²) in [5.74, 6) is 0. The Kier molecular flexibility index (Phi) is 6.72. The second-order valence-corrected chi connectivity index (χ2v) is 7.65. The van der Waals surface area contributed by atoms with Crippen molar-refractivity contribution in [1.29, 1.82) is 0 Å². The number of benzene rings is 3. The van der Waals surface area contributed by atoms with E-state index in [1.54, 1.807) is 24.7 Å². The number of hydrogen-bond donors (Lipinski definition) is 2. The number of anilines is 1. The maximum absolute atomic E-state index is 5.93. The van der Waals surface area contributed by atoms with Crippen molar-refractivity contribution >= 4 is 40.3 Å². The zero-order chi connectivity index (χ0) is 21.5. The van der Waals surface area contributed by atoms with E-state index in [1.807, 2.05) is 41.1 Å². The fourth-order valence-electron chi connectivity index (χ4n) is 3.04. The highest BCUT2D eigenvalue weighted by atomic mass is 35.5. The monoisotopic (exact) mass is 445 g/mol. The Morgan fingerprint density at radius 1 is 0.935 bits per heavy atom. The lowest BCUT2D eigenvalue weighted by Crippen LogP contribution is -2.26. The molecule has 0 saturated heterocycles. The first-order chi connectivity index (χ1) is 15.2. The highest BCUT2D eigenvalue weighted by Gasteiger charge is 2.07. The van der Waals surface area contributed by atoms with E-state index in [-0.39, 0.29) is 0 Å². The quantitative estimate of drug-likeness (QED) is 0.230. The van der Waals surface area contributed by atoms with Crippen molar-refractivity contribution in [3.8, 4) is 11.1 Å². The molecule has 154 valence electrons. The van der Waals surface area contributed by atoms with Crippen molar-refractivity contribution in [3.05, 3.63) is 108 Å². The second-order valence-electron chi connectivity index (χ2n) is 6.81. The van der Waals surface area contributed by atoms with Crippen LogP contribution in [-0.4, -0.2) is 20.4 Å². The fourth-order valence-corrected chi connectivity index (χ4v) is 3.33. The van der Waals surface area contributed by atoms with E-state index in [1.165, 1.54) is 5.56 Å². The third-order valence-corrected chi connectivity index (χ3v) is 5.06. The molecule has 0 radical (unpaired) electrons. The van der Waals surface area contributed by atoms with Gasteiger partial charge in [-0.3, -0.25) is 5.43 Å². The molecule has 4 rings (SSSR count). The normalized spacial score (nSPS) is 11.2. The lowest BCUT2D eigenvalue weighted by atomic mass is 10.0. The average molecular weight is 446 g/mol. The number of imidazole rings is 1. The van der Waals surface area contributed by atoms with Crippen LogP contribution in [0.2, 0.25) is 5.02 Å². The Bertz CT molecular complexity index is 1160. The number of thiocarbonyl (C=S) groups is 1. The molecular weight excluding hydrogens is 426 g/mol. The van der Waals surface area contributed by atoms with E-state index in [4.69, 9.17) is 23.8 Å². The number of halogens is 1. The van der Waals surface area contributed by atoms with Gasteiger partial charge in [0.2, 0.25) is 0 Å². The standard InChI is InChI=1S/C24H20ClN5S/c25-21-10-12-22(13-11-21)27-24(31)29-28-23(16-30-15-14-26-17-30)20-8-6-19(7-9-20)18-4-2-1-3-5-18/h1-15,17H,16H2,(H2,27,29,31)/b28-23-. The molecule has 0 fully saturated rings. The van der Waals surface area contributed by atoms with Gasteiger partial charge < -0.3 is 9.88 Å². The van der Waals surface area contributed by atoms with E-state index >= 15 is 0 Å². The van der Waals surface area contributed by atoms with Crippen molar-refractivity contribution in [2.45, 2.75) is 6.54 Å². The maximum Gasteiger partial charge on any atom is 0.191 e. The molecule has 0 aliphatic carbocycles. The predicted molar refractivity (Wildman–Crippen MR) is 131 cm³/mol. The molecule has 31 heavy (non-hydrogen) atoms. The largest absolute Gasteiger partial charge is 0.331 e. The van der Waals surface area contributed by atoms with Crippen molar-refractivity contribution < 1.29 is 0 Å². The van der Waals surface area contributed by atoms with Gasteiger partial charge in [-0.05, 0) is 53.2 Å². The molecule has 1 heterocycles. The van der Waals surface area contributed by atoms with E-state index in [0.29, 0.717) is 16.7 Å². The van der Waals surface area contributed by atoms with Crippen LogP contribution in [-0.2, 0) is 6.54 Å². The van der Waals surface area contributed by atoms with Gasteiger partial charge in [0.25, 0.3) is 0 Å². The first kappa shape index (κ1) is 20.8. The van der Waals surface area contributed by atoms with Gasteiger partial charge in [-0.25, -0.2) is 4.98 Å². The van der Waals surface area contributed by atoms with Crippen LogP contribution in [0.1, 0.15) is 5.56 Å². The van der Waals surface area contributed by atoms with Crippen LogP contribution in [0.3, 0.4) is 0 Å². The summed E-state index contributed by atoms with van der Waals surface area (Å²) in [7, 11) is 0. The van der Waals surface area contributed by atoms with Crippen molar-refractivity contribution in [2.75, 3.05) is 5.32 Å². The Hall–Kier alpha value is -3.48. The summed E-state index contributed by atoms with van der Waals surface area (Å²) in [5, 5.41) is 8.74. The Balaban J connectivity index is 1.52. The lowest BCUT2D eigenvalue weighted by molar-refractivity contribution is 0.839. The molecule has 3 aromatic carbocycles. The van der Waals surface area contributed by atoms with Gasteiger partial charge in [-0.15, -0.1) is 0 Å². The minimum Gasteiger partial charge on any atom is -0.331 e. The number of nitrogens with one attached hydrogen (secondary N) is 2. The van der Waals surface area contributed by atoms with Crippen LogP contribution >= 0.6 is 23.8 Å². The molecule has 0 aliphatic rings. The Labute approximate surface area is 191 Å². The molecule has 0 aliphatic heterocycles. The van der Waals surface area contributed by atoms with Crippen LogP contribution < -0.4 is 10.7 Å². The zero-order valence-corrected chi connectivity index (χ0v) is 18.1. The maximum atomic E-state index is 5.93. The molecule has 2 N–H and O–H groups in total. The molecule has 0 bridgehead atoms. The molecule has 1 aromatic heterocycles. The minimum atomic E-state index is 0.395. The molecule has 0 unspecified atom stereocenters. The van der Waals surface area contributed by atoms with Crippen LogP contribution in [0.5, 0.6) is 0 Å². The average Bonchev–Trinajstić information content (AvgIpc) is 3.32. The van der Waals surface area contributed by atoms with Crippen LogP contribution in [0, 0.1) is 0 Å². The summed E-state index contributed by atoms with van der Waals surface area (Å²) in [5.41, 5.74) is 7.93. The zero-order valence-electron chi connectivity index (χ0n) is 16.6. The second kappa shape index (κ2) is 10.0. The van der Waals surface area contributed by atoms with Gasteiger partial charge in [0.15, 0.2) is 5.11 Å². The van der Waals surface area contributed by atoms with E-state index in [9.17, 15) is 0 Å². The number of hydrazone groups is 1. The minimum absolute atomic E-state index is 0.395. The number of aromatic nitrogens is 2. The molecule has 0 amide bonds. The van der Waals surface area contributed by atoms with E-state index < -0.39 is 0 Å². The number of hydrogen-bond acceptors (Lipinski definition) is 3. The van der Waals surface area contributed by atoms with Gasteiger partial charge in [-0.1, -0.05) is 66.2 Å². The van der Waals surface area contributed by atoms with Crippen molar-refractivity contribution in [1.82, 2.24) is 15.0 Å². The highest BCUT2D eigenvalue weighted by Crippen LogP contribution is 2.20. The van der Waals surface area contributed by atoms with E-state index in [0.717, 1.165) is 22.5 Å². The van der Waals surface area contributed by atoms with Gasteiger partial charge in [-0.2, -0.15) is 5.10 Å². The highest BCUT2D eigenvalue weighted by molar-refractivity contribution is 7.80. The first-order valence-electron chi connectivity index (χ1n) is 9.68. The van der Waals surface area contributed by atoms with Gasteiger partial charge >= 0.3 is 0 Å². The SMILES string of the molecule is S=C(N/N=C(/Cn1ccnc1)c1ccc(-c2ccccc2)cc1)Nc1ccc(Cl)cc1. The molecule has 0 saturated carbocycles. The Morgan fingerprint density at radius 3 is 2.32 bits per heavy atom. The third-order valence-electron chi connectivity index (χ3n) is 4.61. The topological polar surface area (TPSA) is 54.2 Å².